The normalized spacial score (nSPS) is 11.9. The zero-order valence-corrected chi connectivity index (χ0v) is 19.2. The van der Waals surface area contributed by atoms with Gasteiger partial charge in [-0.3, -0.25) is 9.59 Å². The summed E-state index contributed by atoms with van der Waals surface area (Å²) in [6.07, 6.45) is -0.0751. The molecule has 0 aromatic heterocycles. The van der Waals surface area contributed by atoms with Gasteiger partial charge < -0.3 is 14.2 Å². The molecule has 3 aromatic carbocycles. The molecule has 8 heteroatoms. The Morgan fingerprint density at radius 1 is 0.909 bits per heavy atom. The highest BCUT2D eigenvalue weighted by Gasteiger charge is 2.20. The van der Waals surface area contributed by atoms with Crippen molar-refractivity contribution in [3.05, 3.63) is 95.6 Å². The van der Waals surface area contributed by atoms with Crippen LogP contribution in [0.5, 0.6) is 5.75 Å². The van der Waals surface area contributed by atoms with Gasteiger partial charge in [0.2, 0.25) is 5.91 Å². The van der Waals surface area contributed by atoms with Crippen molar-refractivity contribution in [1.29, 1.82) is 0 Å². The topological polar surface area (TPSA) is 98.8 Å². The van der Waals surface area contributed by atoms with Gasteiger partial charge in [-0.2, -0.15) is 8.42 Å². The van der Waals surface area contributed by atoms with Gasteiger partial charge in [-0.1, -0.05) is 60.2 Å². The van der Waals surface area contributed by atoms with E-state index in [-0.39, 0.29) is 29.6 Å². The molecule has 0 bridgehead atoms. The van der Waals surface area contributed by atoms with E-state index in [9.17, 15) is 18.0 Å². The first kappa shape index (κ1) is 24.0. The van der Waals surface area contributed by atoms with Crippen LogP contribution in [0.25, 0.3) is 0 Å². The zero-order chi connectivity index (χ0) is 23.8. The van der Waals surface area contributed by atoms with E-state index in [1.807, 2.05) is 37.3 Å². The summed E-state index contributed by atoms with van der Waals surface area (Å²) in [6.45, 7) is 3.35. The maximum Gasteiger partial charge on any atom is 0.339 e. The van der Waals surface area contributed by atoms with Crippen LogP contribution in [-0.2, 0) is 31.1 Å². The molecule has 0 saturated carbocycles. The number of nitrogens with one attached hydrogen (secondary N) is 1. The molecule has 3 rings (SSSR count). The molecule has 0 saturated heterocycles. The molecule has 0 fully saturated rings. The van der Waals surface area contributed by atoms with Crippen molar-refractivity contribution >= 4 is 22.0 Å². The van der Waals surface area contributed by atoms with Gasteiger partial charge in [0, 0.05) is 6.92 Å². The number of aryl methyl sites for hydroxylation is 1. The Morgan fingerprint density at radius 2 is 1.55 bits per heavy atom. The van der Waals surface area contributed by atoms with Gasteiger partial charge in [0.25, 0.3) is 0 Å². The molecule has 0 aliphatic heterocycles. The second kappa shape index (κ2) is 10.8. The lowest BCUT2D eigenvalue weighted by Gasteiger charge is -2.18. The number of hydrogen-bond acceptors (Lipinski definition) is 6. The van der Waals surface area contributed by atoms with E-state index < -0.39 is 22.1 Å². The van der Waals surface area contributed by atoms with Crippen molar-refractivity contribution in [2.24, 2.45) is 0 Å². The van der Waals surface area contributed by atoms with E-state index >= 15 is 0 Å². The Morgan fingerprint density at radius 3 is 2.15 bits per heavy atom. The first-order chi connectivity index (χ1) is 15.7. The number of amides is 1. The lowest BCUT2D eigenvalue weighted by Crippen LogP contribution is -2.28. The third-order valence-corrected chi connectivity index (χ3v) is 6.05. The molecule has 1 unspecified atom stereocenters. The smallest absolute Gasteiger partial charge is 0.339 e. The van der Waals surface area contributed by atoms with Gasteiger partial charge >= 0.3 is 16.1 Å². The molecular weight excluding hydrogens is 442 g/mol. The van der Waals surface area contributed by atoms with E-state index in [0.29, 0.717) is 5.56 Å². The van der Waals surface area contributed by atoms with Crippen molar-refractivity contribution in [3.8, 4) is 5.75 Å². The maximum atomic E-state index is 12.5. The predicted octanol–water partition coefficient (Wildman–Crippen LogP) is 4.07. The first-order valence-electron chi connectivity index (χ1n) is 10.3. The number of hydrogen-bond donors (Lipinski definition) is 1. The SMILES string of the molecule is CC(=O)NC(CC(=O)OCc1ccccc1)c1ccc(OS(=O)(=O)c2ccc(C)cc2)cc1. The van der Waals surface area contributed by atoms with Crippen molar-refractivity contribution in [2.45, 2.75) is 37.8 Å². The van der Waals surface area contributed by atoms with Gasteiger partial charge in [-0.15, -0.1) is 0 Å². The fraction of sp³-hybridized carbons (Fsp3) is 0.200. The molecule has 0 radical (unpaired) electrons. The minimum atomic E-state index is -3.98. The van der Waals surface area contributed by atoms with Crippen LogP contribution in [0.15, 0.2) is 83.8 Å². The third kappa shape index (κ3) is 7.18. The molecule has 0 heterocycles. The van der Waals surface area contributed by atoms with Gasteiger partial charge in [-0.25, -0.2) is 0 Å². The number of rotatable bonds is 9. The second-order valence-electron chi connectivity index (χ2n) is 7.52. The second-order valence-corrected chi connectivity index (χ2v) is 9.07. The van der Waals surface area contributed by atoms with Gasteiger partial charge in [0.15, 0.2) is 0 Å². The largest absolute Gasteiger partial charge is 0.461 e. The average Bonchev–Trinajstić information content (AvgIpc) is 2.78. The average molecular weight is 468 g/mol. The molecule has 1 amide bonds. The van der Waals surface area contributed by atoms with Crippen molar-refractivity contribution in [1.82, 2.24) is 5.32 Å². The Labute approximate surface area is 193 Å². The number of benzene rings is 3. The summed E-state index contributed by atoms with van der Waals surface area (Å²) in [5.41, 5.74) is 2.41. The van der Waals surface area contributed by atoms with Crippen LogP contribution >= 0.6 is 0 Å². The highest BCUT2D eigenvalue weighted by atomic mass is 32.2. The lowest BCUT2D eigenvalue weighted by atomic mass is 10.0. The van der Waals surface area contributed by atoms with Crippen LogP contribution in [0, 0.1) is 6.92 Å². The monoisotopic (exact) mass is 467 g/mol. The summed E-state index contributed by atoms with van der Waals surface area (Å²) in [5, 5.41) is 2.73. The highest BCUT2D eigenvalue weighted by molar-refractivity contribution is 7.87. The van der Waals surface area contributed by atoms with Crippen LogP contribution < -0.4 is 9.50 Å². The van der Waals surface area contributed by atoms with Crippen LogP contribution in [0.2, 0.25) is 0 Å². The molecular formula is C25H25NO6S. The van der Waals surface area contributed by atoms with Crippen LogP contribution in [0.1, 0.15) is 36.1 Å². The van der Waals surface area contributed by atoms with Gasteiger partial charge in [0.05, 0.1) is 12.5 Å². The van der Waals surface area contributed by atoms with E-state index in [4.69, 9.17) is 8.92 Å². The number of carbonyl (C=O) groups is 2. The summed E-state index contributed by atoms with van der Waals surface area (Å²) in [5.74, 6) is -0.662. The number of carbonyl (C=O) groups excluding carboxylic acids is 2. The first-order valence-corrected chi connectivity index (χ1v) is 11.7. The fourth-order valence-electron chi connectivity index (χ4n) is 3.10. The number of esters is 1. The fourth-order valence-corrected chi connectivity index (χ4v) is 4.03. The molecule has 0 aliphatic rings. The molecule has 1 N–H and O–H groups in total. The molecule has 0 spiro atoms. The highest BCUT2D eigenvalue weighted by Crippen LogP contribution is 2.24. The van der Waals surface area contributed by atoms with Crippen molar-refractivity contribution in [2.75, 3.05) is 0 Å². The minimum absolute atomic E-state index is 0.0504. The summed E-state index contributed by atoms with van der Waals surface area (Å²) in [4.78, 5) is 24.0. The van der Waals surface area contributed by atoms with Crippen molar-refractivity contribution in [3.63, 3.8) is 0 Å². The summed E-state index contributed by atoms with van der Waals surface area (Å²) in [7, 11) is -3.98. The van der Waals surface area contributed by atoms with Crippen LogP contribution in [0.3, 0.4) is 0 Å². The van der Waals surface area contributed by atoms with Crippen LogP contribution in [0.4, 0.5) is 0 Å². The molecule has 1 atom stereocenters. The molecule has 0 aliphatic carbocycles. The molecule has 33 heavy (non-hydrogen) atoms. The standard InChI is InChI=1S/C25H25NO6S/c1-18-8-14-23(15-9-18)33(29,30)32-22-12-10-21(11-13-22)24(26-19(2)27)16-25(28)31-17-20-6-4-3-5-7-20/h3-15,24H,16-17H2,1-2H3,(H,26,27). The quantitative estimate of drug-likeness (QED) is 0.376. The third-order valence-electron chi connectivity index (χ3n) is 4.79. The number of ether oxygens (including phenoxy) is 1. The summed E-state index contributed by atoms with van der Waals surface area (Å²) in [6, 6.07) is 21.1. The summed E-state index contributed by atoms with van der Waals surface area (Å²) < 4.78 is 35.5. The van der Waals surface area contributed by atoms with E-state index in [1.54, 1.807) is 24.3 Å². The predicted molar refractivity (Wildman–Crippen MR) is 123 cm³/mol. The van der Waals surface area contributed by atoms with Gasteiger partial charge in [-0.05, 0) is 42.3 Å². The Hall–Kier alpha value is -3.65. The molecule has 7 nitrogen and oxygen atoms in total. The Balaban J connectivity index is 1.67. The van der Waals surface area contributed by atoms with Crippen LogP contribution in [-0.4, -0.2) is 20.3 Å². The maximum absolute atomic E-state index is 12.5. The molecule has 172 valence electrons. The van der Waals surface area contributed by atoms with E-state index in [0.717, 1.165) is 11.1 Å². The lowest BCUT2D eigenvalue weighted by molar-refractivity contribution is -0.145. The van der Waals surface area contributed by atoms with Gasteiger partial charge in [0.1, 0.15) is 17.3 Å². The molecule has 3 aromatic rings. The van der Waals surface area contributed by atoms with E-state index in [2.05, 4.69) is 5.32 Å². The summed E-state index contributed by atoms with van der Waals surface area (Å²) >= 11 is 0. The van der Waals surface area contributed by atoms with E-state index in [1.165, 1.54) is 31.2 Å². The van der Waals surface area contributed by atoms with Crippen molar-refractivity contribution < 1.29 is 26.9 Å². The minimum Gasteiger partial charge on any atom is -0.461 e. The Bertz CT molecular complexity index is 1190. The zero-order valence-electron chi connectivity index (χ0n) is 18.4. The Kier molecular flexibility index (Phi) is 7.84.